The summed E-state index contributed by atoms with van der Waals surface area (Å²) in [6.45, 7) is 6.51. The Kier molecular flexibility index (Phi) is 5.85. The van der Waals surface area contributed by atoms with E-state index >= 15 is 0 Å². The molecule has 1 amide bonds. The number of amides is 1. The number of ether oxygens (including phenoxy) is 1. The molecule has 0 radical (unpaired) electrons. The van der Waals surface area contributed by atoms with Crippen molar-refractivity contribution in [2.24, 2.45) is 0 Å². The van der Waals surface area contributed by atoms with Crippen LogP contribution >= 0.6 is 0 Å². The van der Waals surface area contributed by atoms with Crippen LogP contribution in [0.25, 0.3) is 16.8 Å². The van der Waals surface area contributed by atoms with E-state index in [1.54, 1.807) is 0 Å². The second-order valence-corrected chi connectivity index (χ2v) is 7.31. The number of para-hydroxylation sites is 2. The van der Waals surface area contributed by atoms with E-state index in [2.05, 4.69) is 10.4 Å². The maximum atomic E-state index is 13.0. The Hall–Kier alpha value is -3.86. The van der Waals surface area contributed by atoms with Gasteiger partial charge in [0.1, 0.15) is 5.75 Å². The molecule has 1 aromatic heterocycles. The normalized spacial score (nSPS) is 10.7. The lowest BCUT2D eigenvalue weighted by atomic mass is 10.0. The van der Waals surface area contributed by atoms with Crippen LogP contribution in [0.3, 0.4) is 0 Å². The smallest absolute Gasteiger partial charge is 0.255 e. The quantitative estimate of drug-likeness (QED) is 0.436. The highest BCUT2D eigenvalue weighted by atomic mass is 16.5. The molecule has 0 aliphatic carbocycles. The SMILES string of the molecule is CCOc1ccccc1-c1ccccc1NC(=O)c1ccc(-n2nc(C)cc2C)cc1. The second-order valence-electron chi connectivity index (χ2n) is 7.31. The summed E-state index contributed by atoms with van der Waals surface area (Å²) in [4.78, 5) is 13.0. The van der Waals surface area contributed by atoms with Crippen LogP contribution in [0.4, 0.5) is 5.69 Å². The van der Waals surface area contributed by atoms with Crippen LogP contribution in [0.2, 0.25) is 0 Å². The van der Waals surface area contributed by atoms with E-state index < -0.39 is 0 Å². The van der Waals surface area contributed by atoms with Crippen molar-refractivity contribution in [2.45, 2.75) is 20.8 Å². The molecule has 1 heterocycles. The van der Waals surface area contributed by atoms with Crippen molar-refractivity contribution < 1.29 is 9.53 Å². The molecule has 0 fully saturated rings. The Morgan fingerprint density at radius 2 is 1.61 bits per heavy atom. The molecule has 0 saturated carbocycles. The number of aromatic nitrogens is 2. The highest BCUT2D eigenvalue weighted by molar-refractivity contribution is 6.06. The van der Waals surface area contributed by atoms with Gasteiger partial charge in [-0.2, -0.15) is 5.10 Å². The van der Waals surface area contributed by atoms with Crippen molar-refractivity contribution in [2.75, 3.05) is 11.9 Å². The van der Waals surface area contributed by atoms with Crippen LogP contribution in [0.1, 0.15) is 28.7 Å². The number of anilines is 1. The minimum atomic E-state index is -0.166. The summed E-state index contributed by atoms with van der Waals surface area (Å²) in [6, 6.07) is 25.1. The number of hydrogen-bond acceptors (Lipinski definition) is 3. The molecule has 0 bridgehead atoms. The molecule has 0 unspecified atom stereocenters. The Morgan fingerprint density at radius 1 is 0.935 bits per heavy atom. The van der Waals surface area contributed by atoms with Crippen LogP contribution in [-0.2, 0) is 0 Å². The van der Waals surface area contributed by atoms with Crippen molar-refractivity contribution >= 4 is 11.6 Å². The molecule has 4 rings (SSSR count). The van der Waals surface area contributed by atoms with E-state index in [-0.39, 0.29) is 5.91 Å². The fourth-order valence-electron chi connectivity index (χ4n) is 3.64. The average molecular weight is 412 g/mol. The molecule has 31 heavy (non-hydrogen) atoms. The number of carbonyl (C=O) groups excluding carboxylic acids is 1. The first kappa shape index (κ1) is 20.4. The topological polar surface area (TPSA) is 56.1 Å². The van der Waals surface area contributed by atoms with Crippen LogP contribution in [-0.4, -0.2) is 22.3 Å². The lowest BCUT2D eigenvalue weighted by Gasteiger charge is -2.15. The number of aryl methyl sites for hydroxylation is 2. The van der Waals surface area contributed by atoms with Gasteiger partial charge in [-0.3, -0.25) is 4.79 Å². The van der Waals surface area contributed by atoms with Gasteiger partial charge in [0.2, 0.25) is 0 Å². The zero-order valence-corrected chi connectivity index (χ0v) is 17.9. The van der Waals surface area contributed by atoms with E-state index in [0.29, 0.717) is 12.2 Å². The molecule has 5 nitrogen and oxygen atoms in total. The highest BCUT2D eigenvalue weighted by Gasteiger charge is 2.13. The third kappa shape index (κ3) is 4.36. The molecule has 3 aromatic carbocycles. The summed E-state index contributed by atoms with van der Waals surface area (Å²) in [7, 11) is 0. The van der Waals surface area contributed by atoms with Crippen molar-refractivity contribution in [1.82, 2.24) is 9.78 Å². The van der Waals surface area contributed by atoms with Crippen LogP contribution in [0.15, 0.2) is 78.9 Å². The van der Waals surface area contributed by atoms with Gasteiger partial charge in [-0.15, -0.1) is 0 Å². The molecule has 156 valence electrons. The standard InChI is InChI=1S/C26H25N3O2/c1-4-31-25-12-8-6-10-23(25)22-9-5-7-11-24(22)27-26(30)20-13-15-21(16-14-20)29-19(3)17-18(2)28-29/h5-17H,4H2,1-3H3,(H,27,30). The Morgan fingerprint density at radius 3 is 2.29 bits per heavy atom. The van der Waals surface area contributed by atoms with Crippen LogP contribution < -0.4 is 10.1 Å². The maximum absolute atomic E-state index is 13.0. The second kappa shape index (κ2) is 8.88. The minimum Gasteiger partial charge on any atom is -0.493 e. The van der Waals surface area contributed by atoms with E-state index in [1.807, 2.05) is 104 Å². The van der Waals surface area contributed by atoms with Crippen molar-refractivity contribution in [3.05, 3.63) is 95.8 Å². The van der Waals surface area contributed by atoms with Gasteiger partial charge in [-0.25, -0.2) is 4.68 Å². The van der Waals surface area contributed by atoms with Gasteiger partial charge in [0, 0.05) is 28.1 Å². The number of benzene rings is 3. The van der Waals surface area contributed by atoms with Gasteiger partial charge in [-0.05, 0) is 63.2 Å². The third-order valence-corrected chi connectivity index (χ3v) is 5.04. The van der Waals surface area contributed by atoms with Gasteiger partial charge in [-0.1, -0.05) is 36.4 Å². The van der Waals surface area contributed by atoms with Gasteiger partial charge < -0.3 is 10.1 Å². The van der Waals surface area contributed by atoms with Crippen LogP contribution in [0.5, 0.6) is 5.75 Å². The predicted octanol–water partition coefficient (Wildman–Crippen LogP) is 5.81. The summed E-state index contributed by atoms with van der Waals surface area (Å²) < 4.78 is 7.65. The first-order valence-electron chi connectivity index (χ1n) is 10.3. The molecule has 0 saturated heterocycles. The van der Waals surface area contributed by atoms with Gasteiger partial charge >= 0.3 is 0 Å². The Labute approximate surface area is 182 Å². The fourth-order valence-corrected chi connectivity index (χ4v) is 3.64. The molecular weight excluding hydrogens is 386 g/mol. The summed E-state index contributed by atoms with van der Waals surface area (Å²) in [5.41, 5.74) is 6.12. The lowest BCUT2D eigenvalue weighted by molar-refractivity contribution is 0.102. The predicted molar refractivity (Wildman–Crippen MR) is 124 cm³/mol. The first-order valence-corrected chi connectivity index (χ1v) is 10.3. The number of nitrogens with zero attached hydrogens (tertiary/aromatic N) is 2. The van der Waals surface area contributed by atoms with Gasteiger partial charge in [0.15, 0.2) is 0 Å². The highest BCUT2D eigenvalue weighted by Crippen LogP contribution is 2.35. The lowest BCUT2D eigenvalue weighted by Crippen LogP contribution is -2.13. The summed E-state index contributed by atoms with van der Waals surface area (Å²) in [5.74, 6) is 0.627. The van der Waals surface area contributed by atoms with Gasteiger partial charge in [0.05, 0.1) is 18.0 Å². The Balaban J connectivity index is 1.59. The molecule has 1 N–H and O–H groups in total. The largest absolute Gasteiger partial charge is 0.493 e. The zero-order valence-electron chi connectivity index (χ0n) is 17.9. The van der Waals surface area contributed by atoms with Gasteiger partial charge in [0.25, 0.3) is 5.91 Å². The number of rotatable bonds is 6. The zero-order chi connectivity index (χ0) is 21.8. The molecule has 4 aromatic rings. The van der Waals surface area contributed by atoms with E-state index in [4.69, 9.17) is 4.74 Å². The maximum Gasteiger partial charge on any atom is 0.255 e. The molecule has 0 aliphatic rings. The molecule has 0 atom stereocenters. The monoisotopic (exact) mass is 411 g/mol. The van der Waals surface area contributed by atoms with Crippen molar-refractivity contribution in [3.63, 3.8) is 0 Å². The minimum absolute atomic E-state index is 0.166. The molecule has 0 spiro atoms. The molecule has 0 aliphatic heterocycles. The number of carbonyl (C=O) groups is 1. The van der Waals surface area contributed by atoms with Crippen LogP contribution in [0, 0.1) is 13.8 Å². The number of hydrogen-bond donors (Lipinski definition) is 1. The molecular formula is C26H25N3O2. The van der Waals surface area contributed by atoms with Crippen molar-refractivity contribution in [1.29, 1.82) is 0 Å². The van der Waals surface area contributed by atoms with E-state index in [0.717, 1.165) is 39.6 Å². The Bertz CT molecular complexity index is 1210. The third-order valence-electron chi connectivity index (χ3n) is 5.04. The summed E-state index contributed by atoms with van der Waals surface area (Å²) >= 11 is 0. The number of nitrogens with one attached hydrogen (secondary N) is 1. The first-order chi connectivity index (χ1) is 15.1. The van der Waals surface area contributed by atoms with Crippen molar-refractivity contribution in [3.8, 4) is 22.6 Å². The van der Waals surface area contributed by atoms with E-state index in [9.17, 15) is 4.79 Å². The summed E-state index contributed by atoms with van der Waals surface area (Å²) in [6.07, 6.45) is 0. The summed E-state index contributed by atoms with van der Waals surface area (Å²) in [5, 5.41) is 7.55. The van der Waals surface area contributed by atoms with E-state index in [1.165, 1.54) is 0 Å². The average Bonchev–Trinajstić information content (AvgIpc) is 3.13. The fraction of sp³-hybridized carbons (Fsp3) is 0.154. The molecule has 5 heteroatoms.